The number of hydrogen-bond donors (Lipinski definition) is 7. The molecule has 0 radical (unpaired) electrons. The Morgan fingerprint density at radius 3 is 2.17 bits per heavy atom. The van der Waals surface area contributed by atoms with Crippen molar-refractivity contribution >= 4 is 48.9 Å². The van der Waals surface area contributed by atoms with Crippen LogP contribution in [0, 0.1) is 17.8 Å². The second kappa shape index (κ2) is 22.9. The number of phosphoric ester groups is 1. The van der Waals surface area contributed by atoms with Gasteiger partial charge in [-0.05, 0) is 19.3 Å². The summed E-state index contributed by atoms with van der Waals surface area (Å²) in [5, 5.41) is 14.9. The van der Waals surface area contributed by atoms with E-state index in [1.165, 1.54) is 19.5 Å². The summed E-state index contributed by atoms with van der Waals surface area (Å²) in [6, 6.07) is -2.76. The number of imidazole rings is 1. The molecule has 0 aliphatic rings. The maximum absolute atomic E-state index is 13.7. The van der Waals surface area contributed by atoms with E-state index >= 15 is 0 Å². The van der Waals surface area contributed by atoms with Gasteiger partial charge >= 0.3 is 7.82 Å². The molecule has 0 bridgehead atoms. The van der Waals surface area contributed by atoms with E-state index in [0.29, 0.717) is 12.4 Å². The third kappa shape index (κ3) is 17.5. The van der Waals surface area contributed by atoms with E-state index in [1.807, 2.05) is 0 Å². The minimum atomic E-state index is -5.06. The lowest BCUT2D eigenvalue weighted by Crippen LogP contribution is -2.50. The SMILES string of the molecule is COCCOCCC(=O)N(CC(=O)N[C@@H](CC(C)C)C(=O)C[C@@H](Cc1ncc[nH]1)C(=O)N[C@@H](CO)C(=O)C[C@H](C(N)=O)[C@@H](C)OP(=O)(O)O)C(C)=O. The van der Waals surface area contributed by atoms with Crippen LogP contribution in [0.2, 0.25) is 0 Å². The van der Waals surface area contributed by atoms with Crippen molar-refractivity contribution in [2.24, 2.45) is 23.5 Å². The number of carbonyl (C=O) groups excluding carboxylic acids is 7. The monoisotopic (exact) mass is 762 g/mol. The van der Waals surface area contributed by atoms with Gasteiger partial charge in [-0.15, -0.1) is 0 Å². The molecule has 0 aliphatic heterocycles. The Kier molecular flexibility index (Phi) is 20.3. The number of nitrogens with one attached hydrogen (secondary N) is 3. The van der Waals surface area contributed by atoms with Gasteiger partial charge in [0.2, 0.25) is 29.5 Å². The molecule has 20 nitrogen and oxygen atoms in total. The van der Waals surface area contributed by atoms with Gasteiger partial charge in [-0.3, -0.25) is 43.0 Å². The summed E-state index contributed by atoms with van der Waals surface area (Å²) in [5.74, 6) is -8.25. The fraction of sp³-hybridized carbons (Fsp3) is 0.677. The normalized spacial score (nSPS) is 14.5. The van der Waals surface area contributed by atoms with E-state index in [4.69, 9.17) is 25.0 Å². The van der Waals surface area contributed by atoms with Gasteiger partial charge in [0.15, 0.2) is 11.6 Å². The molecule has 1 rings (SSSR count). The van der Waals surface area contributed by atoms with E-state index in [2.05, 4.69) is 25.1 Å². The molecule has 294 valence electrons. The van der Waals surface area contributed by atoms with Gasteiger partial charge in [-0.1, -0.05) is 13.8 Å². The lowest BCUT2D eigenvalue weighted by molar-refractivity contribution is -0.147. The third-order valence-electron chi connectivity index (χ3n) is 7.66. The molecule has 1 aromatic rings. The van der Waals surface area contributed by atoms with Crippen molar-refractivity contribution in [2.75, 3.05) is 40.1 Å². The van der Waals surface area contributed by atoms with Crippen LogP contribution in [0.3, 0.4) is 0 Å². The summed E-state index contributed by atoms with van der Waals surface area (Å²) < 4.78 is 25.9. The van der Waals surface area contributed by atoms with E-state index in [-0.39, 0.29) is 38.4 Å². The fourth-order valence-electron chi connectivity index (χ4n) is 4.99. The maximum Gasteiger partial charge on any atom is 0.469 e. The zero-order valence-electron chi connectivity index (χ0n) is 29.9. The molecule has 5 amide bonds. The average molecular weight is 763 g/mol. The number of Topliss-reactive ketones (excluding diaryl/α,β-unsaturated/α-hetero) is 2. The Labute approximate surface area is 301 Å². The highest BCUT2D eigenvalue weighted by molar-refractivity contribution is 7.46. The van der Waals surface area contributed by atoms with Gasteiger partial charge in [0, 0.05) is 45.7 Å². The molecule has 0 fully saturated rings. The zero-order chi connectivity index (χ0) is 39.6. The Morgan fingerprint density at radius 1 is 1.00 bits per heavy atom. The number of rotatable bonds is 26. The minimum Gasteiger partial charge on any atom is -0.394 e. The number of ketones is 2. The van der Waals surface area contributed by atoms with Crippen molar-refractivity contribution in [3.8, 4) is 0 Å². The van der Waals surface area contributed by atoms with Gasteiger partial charge in [-0.2, -0.15) is 0 Å². The predicted octanol–water partition coefficient (Wildman–Crippen LogP) is -1.48. The molecule has 0 saturated carbocycles. The molecule has 21 heteroatoms. The standard InChI is InChI=1S/C31H51N6O14P/c1-18(2)12-23(35-28(42)16-37(20(4)39)29(43)6-9-50-11-10-49-5)25(40)13-21(14-27-33-7-8-34-27)31(45)36-24(17-38)26(41)15-22(30(32)44)19(3)51-52(46,47)48/h7-8,18-19,21-24,38H,6,9-17H2,1-5H3,(H2,32,44)(H,33,34)(H,35,42)(H,36,45)(H2,46,47,48)/t19-,21+,22+,23+,24+/m1/s1. The van der Waals surface area contributed by atoms with Crippen LogP contribution in [0.25, 0.3) is 0 Å². The zero-order valence-corrected chi connectivity index (χ0v) is 30.8. The topological polar surface area (TPSA) is 307 Å². The minimum absolute atomic E-state index is 0.0141. The number of nitrogens with zero attached hydrogens (tertiary/aromatic N) is 2. The predicted molar refractivity (Wildman–Crippen MR) is 180 cm³/mol. The lowest BCUT2D eigenvalue weighted by atomic mass is 9.90. The van der Waals surface area contributed by atoms with Crippen molar-refractivity contribution in [1.82, 2.24) is 25.5 Å². The molecule has 0 spiro atoms. The number of carbonyl (C=O) groups is 7. The number of amides is 5. The molecular formula is C31H51N6O14P. The van der Waals surface area contributed by atoms with Gasteiger partial charge < -0.3 is 45.7 Å². The number of hydrogen-bond acceptors (Lipinski definition) is 13. The highest BCUT2D eigenvalue weighted by Gasteiger charge is 2.36. The number of imide groups is 1. The average Bonchev–Trinajstić information content (AvgIpc) is 3.55. The van der Waals surface area contributed by atoms with Crippen LogP contribution in [-0.2, 0) is 58.5 Å². The van der Waals surface area contributed by atoms with E-state index in [9.17, 15) is 43.2 Å². The second-order valence-corrected chi connectivity index (χ2v) is 13.6. The van der Waals surface area contributed by atoms with E-state index in [0.717, 1.165) is 18.7 Å². The Morgan fingerprint density at radius 2 is 1.65 bits per heavy atom. The molecule has 0 aromatic carbocycles. The molecule has 5 atom stereocenters. The molecule has 1 heterocycles. The van der Waals surface area contributed by atoms with Crippen LogP contribution < -0.4 is 16.4 Å². The first-order valence-corrected chi connectivity index (χ1v) is 18.0. The van der Waals surface area contributed by atoms with Gasteiger partial charge in [0.1, 0.15) is 18.4 Å². The van der Waals surface area contributed by atoms with Crippen LogP contribution in [0.1, 0.15) is 59.2 Å². The van der Waals surface area contributed by atoms with Crippen molar-refractivity contribution < 1.29 is 67.0 Å². The largest absolute Gasteiger partial charge is 0.469 e. The Bertz CT molecular complexity index is 1400. The number of aromatic amines is 1. The van der Waals surface area contributed by atoms with Crippen LogP contribution in [0.5, 0.6) is 0 Å². The molecule has 0 saturated heterocycles. The van der Waals surface area contributed by atoms with E-state index < -0.39 is 105 Å². The fourth-order valence-corrected chi connectivity index (χ4v) is 5.57. The van der Waals surface area contributed by atoms with Gasteiger partial charge in [0.25, 0.3) is 0 Å². The number of methoxy groups -OCH3 is 1. The maximum atomic E-state index is 13.7. The molecule has 0 unspecified atom stereocenters. The number of aliphatic hydroxyl groups is 1. The number of aromatic nitrogens is 2. The first-order chi connectivity index (χ1) is 24.3. The highest BCUT2D eigenvalue weighted by Crippen LogP contribution is 2.39. The highest BCUT2D eigenvalue weighted by atomic mass is 31.2. The summed E-state index contributed by atoms with van der Waals surface area (Å²) in [6.07, 6.45) is -0.0590. The van der Waals surface area contributed by atoms with Crippen LogP contribution >= 0.6 is 7.82 Å². The number of phosphoric acid groups is 1. The first kappa shape index (κ1) is 46.1. The smallest absolute Gasteiger partial charge is 0.394 e. The van der Waals surface area contributed by atoms with Gasteiger partial charge in [-0.25, -0.2) is 9.55 Å². The Balaban J connectivity index is 3.15. The lowest BCUT2D eigenvalue weighted by Gasteiger charge is -2.26. The van der Waals surface area contributed by atoms with Crippen molar-refractivity contribution in [3.05, 3.63) is 18.2 Å². The van der Waals surface area contributed by atoms with Gasteiger partial charge in [0.05, 0.1) is 56.8 Å². The molecular weight excluding hydrogens is 711 g/mol. The summed E-state index contributed by atoms with van der Waals surface area (Å²) in [6.45, 7) is 4.71. The third-order valence-corrected chi connectivity index (χ3v) is 8.27. The summed E-state index contributed by atoms with van der Waals surface area (Å²) in [5.41, 5.74) is 5.32. The number of ether oxygens (including phenoxy) is 2. The number of nitrogens with two attached hydrogens (primary N) is 1. The number of aliphatic hydroxyl groups excluding tert-OH is 1. The van der Waals surface area contributed by atoms with Crippen molar-refractivity contribution in [3.63, 3.8) is 0 Å². The molecule has 8 N–H and O–H groups in total. The Hall–Kier alpha value is -3.91. The van der Waals surface area contributed by atoms with Crippen LogP contribution in [0.4, 0.5) is 0 Å². The van der Waals surface area contributed by atoms with Crippen molar-refractivity contribution in [2.45, 2.75) is 78.0 Å². The summed E-state index contributed by atoms with van der Waals surface area (Å²) in [7, 11) is -3.58. The van der Waals surface area contributed by atoms with Crippen LogP contribution in [0.15, 0.2) is 12.4 Å². The molecule has 0 aliphatic carbocycles. The molecule has 1 aromatic heterocycles. The number of H-pyrrole nitrogens is 1. The second-order valence-electron chi connectivity index (χ2n) is 12.4. The number of primary amides is 1. The first-order valence-electron chi connectivity index (χ1n) is 16.4. The summed E-state index contributed by atoms with van der Waals surface area (Å²) >= 11 is 0. The van der Waals surface area contributed by atoms with E-state index in [1.54, 1.807) is 13.8 Å². The molecule has 52 heavy (non-hydrogen) atoms. The van der Waals surface area contributed by atoms with Crippen LogP contribution in [-0.4, -0.2) is 129 Å². The summed E-state index contributed by atoms with van der Waals surface area (Å²) in [4.78, 5) is 116. The quantitative estimate of drug-likeness (QED) is 0.0418. The van der Waals surface area contributed by atoms with Crippen molar-refractivity contribution in [1.29, 1.82) is 0 Å².